The third-order valence-electron chi connectivity index (χ3n) is 4.93. The monoisotopic (exact) mass is 455 g/mol. The number of aryl methyl sites for hydroxylation is 2. The molecule has 0 aliphatic carbocycles. The van der Waals surface area contributed by atoms with Crippen LogP contribution in [-0.2, 0) is 9.59 Å². The molecule has 0 fully saturated rings. The Morgan fingerprint density at radius 2 is 1.62 bits per heavy atom. The number of hydrogen-bond acceptors (Lipinski definition) is 5. The molecular weight excluding hydrogens is 430 g/mol. The van der Waals surface area contributed by atoms with Crippen molar-refractivity contribution in [2.45, 2.75) is 13.8 Å². The molecule has 0 saturated heterocycles. The Balaban J connectivity index is 1.57. The molecule has 3 aromatic rings. The van der Waals surface area contributed by atoms with Gasteiger partial charge in [-0.3, -0.25) is 9.59 Å². The first-order valence-corrected chi connectivity index (χ1v) is 10.5. The molecule has 0 aromatic heterocycles. The Kier molecular flexibility index (Phi) is 8.03. The first-order valence-electron chi connectivity index (χ1n) is 10.5. The van der Waals surface area contributed by atoms with Crippen molar-refractivity contribution < 1.29 is 19.1 Å². The Morgan fingerprint density at radius 1 is 0.941 bits per heavy atom. The van der Waals surface area contributed by atoms with Crippen LogP contribution in [0.1, 0.15) is 16.7 Å². The van der Waals surface area contributed by atoms with Crippen LogP contribution in [0.3, 0.4) is 0 Å². The fourth-order valence-corrected chi connectivity index (χ4v) is 3.14. The second-order valence-corrected chi connectivity index (χ2v) is 7.58. The molecule has 0 aliphatic rings. The first kappa shape index (κ1) is 24.1. The van der Waals surface area contributed by atoms with Crippen LogP contribution in [0.2, 0.25) is 0 Å². The van der Waals surface area contributed by atoms with Gasteiger partial charge in [0.05, 0.1) is 7.11 Å². The lowest BCUT2D eigenvalue weighted by molar-refractivity contribution is -0.118. The first-order chi connectivity index (χ1) is 16.4. The average Bonchev–Trinajstić information content (AvgIpc) is 2.84. The van der Waals surface area contributed by atoms with Crippen molar-refractivity contribution in [3.05, 3.63) is 89.0 Å². The Hall–Kier alpha value is -4.57. The van der Waals surface area contributed by atoms with Gasteiger partial charge >= 0.3 is 0 Å². The van der Waals surface area contributed by atoms with Crippen LogP contribution in [0.4, 0.5) is 11.4 Å². The highest BCUT2D eigenvalue weighted by atomic mass is 16.5. The van der Waals surface area contributed by atoms with Crippen molar-refractivity contribution in [1.82, 2.24) is 0 Å². The molecule has 7 nitrogen and oxygen atoms in total. The highest BCUT2D eigenvalue weighted by Crippen LogP contribution is 2.19. The second-order valence-electron chi connectivity index (χ2n) is 7.58. The maximum atomic E-state index is 12.4. The van der Waals surface area contributed by atoms with E-state index in [1.807, 2.05) is 38.1 Å². The van der Waals surface area contributed by atoms with Gasteiger partial charge in [0.1, 0.15) is 23.1 Å². The summed E-state index contributed by atoms with van der Waals surface area (Å²) in [6.45, 7) is 3.78. The van der Waals surface area contributed by atoms with E-state index in [-0.39, 0.29) is 18.1 Å². The zero-order valence-electron chi connectivity index (χ0n) is 19.2. The van der Waals surface area contributed by atoms with Gasteiger partial charge in [-0.1, -0.05) is 29.8 Å². The van der Waals surface area contributed by atoms with Crippen molar-refractivity contribution in [3.63, 3.8) is 0 Å². The highest BCUT2D eigenvalue weighted by Gasteiger charge is 2.10. The van der Waals surface area contributed by atoms with Crippen molar-refractivity contribution in [3.8, 4) is 17.6 Å². The molecule has 2 amide bonds. The summed E-state index contributed by atoms with van der Waals surface area (Å²) in [6, 6.07) is 21.3. The van der Waals surface area contributed by atoms with Crippen LogP contribution in [0.15, 0.2) is 72.3 Å². The fraction of sp³-hybridized carbons (Fsp3) is 0.148. The third kappa shape index (κ3) is 6.71. The number of carbonyl (C=O) groups is 2. The summed E-state index contributed by atoms with van der Waals surface area (Å²) in [4.78, 5) is 24.6. The second kappa shape index (κ2) is 11.3. The number of nitrogens with zero attached hydrogens (tertiary/aromatic N) is 1. The average molecular weight is 456 g/mol. The maximum Gasteiger partial charge on any atom is 0.266 e. The molecule has 0 spiro atoms. The lowest BCUT2D eigenvalue weighted by Crippen LogP contribution is -2.20. The quantitative estimate of drug-likeness (QED) is 0.373. The standard InChI is InChI=1S/C27H25N3O4/c1-18-4-13-25(19(2)14-18)30-26(31)17-34-24-9-5-20(6-10-24)15-21(16-28)27(32)29-22-7-11-23(33-3)12-8-22/h4-15H,17H2,1-3H3,(H,29,32)(H,30,31)/b21-15-. The van der Waals surface area contributed by atoms with E-state index in [1.54, 1.807) is 55.6 Å². The van der Waals surface area contributed by atoms with Crippen LogP contribution in [0.25, 0.3) is 6.08 Å². The number of methoxy groups -OCH3 is 1. The van der Waals surface area contributed by atoms with Gasteiger partial charge < -0.3 is 20.1 Å². The molecule has 0 unspecified atom stereocenters. The molecule has 0 radical (unpaired) electrons. The van der Waals surface area contributed by atoms with Gasteiger partial charge in [-0.15, -0.1) is 0 Å². The summed E-state index contributed by atoms with van der Waals surface area (Å²) < 4.78 is 10.6. The highest BCUT2D eigenvalue weighted by molar-refractivity contribution is 6.09. The number of nitriles is 1. The zero-order valence-corrected chi connectivity index (χ0v) is 19.2. The van der Waals surface area contributed by atoms with E-state index in [0.717, 1.165) is 16.8 Å². The number of nitrogens with one attached hydrogen (secondary N) is 2. The van der Waals surface area contributed by atoms with E-state index in [9.17, 15) is 14.9 Å². The summed E-state index contributed by atoms with van der Waals surface area (Å²) in [5.41, 5.74) is 4.00. The molecular formula is C27H25N3O4. The van der Waals surface area contributed by atoms with Gasteiger partial charge in [0.25, 0.3) is 11.8 Å². The van der Waals surface area contributed by atoms with E-state index in [2.05, 4.69) is 10.6 Å². The number of benzene rings is 3. The van der Waals surface area contributed by atoms with Gasteiger partial charge in [-0.2, -0.15) is 5.26 Å². The number of rotatable bonds is 8. The lowest BCUT2D eigenvalue weighted by atomic mass is 10.1. The van der Waals surface area contributed by atoms with E-state index in [1.165, 1.54) is 6.08 Å². The minimum atomic E-state index is -0.518. The molecule has 2 N–H and O–H groups in total. The van der Waals surface area contributed by atoms with Crippen LogP contribution < -0.4 is 20.1 Å². The van der Waals surface area contributed by atoms with Gasteiger partial charge in [0.15, 0.2) is 6.61 Å². The minimum Gasteiger partial charge on any atom is -0.497 e. The fourth-order valence-electron chi connectivity index (χ4n) is 3.14. The predicted octanol–water partition coefficient (Wildman–Crippen LogP) is 4.88. The van der Waals surface area contributed by atoms with Crippen LogP contribution >= 0.6 is 0 Å². The van der Waals surface area contributed by atoms with E-state index in [0.29, 0.717) is 22.7 Å². The zero-order chi connectivity index (χ0) is 24.5. The molecule has 0 saturated carbocycles. The van der Waals surface area contributed by atoms with E-state index < -0.39 is 5.91 Å². The lowest BCUT2D eigenvalue weighted by Gasteiger charge is -2.10. The van der Waals surface area contributed by atoms with Gasteiger partial charge in [0.2, 0.25) is 0 Å². The van der Waals surface area contributed by atoms with Gasteiger partial charge in [-0.25, -0.2) is 0 Å². The van der Waals surface area contributed by atoms with Crippen LogP contribution in [0, 0.1) is 25.2 Å². The summed E-state index contributed by atoms with van der Waals surface area (Å²) in [5, 5.41) is 14.9. The van der Waals surface area contributed by atoms with Crippen molar-refractivity contribution in [2.24, 2.45) is 0 Å². The van der Waals surface area contributed by atoms with Crippen molar-refractivity contribution >= 4 is 29.3 Å². The van der Waals surface area contributed by atoms with Crippen molar-refractivity contribution in [2.75, 3.05) is 24.4 Å². The molecule has 0 atom stereocenters. The topological polar surface area (TPSA) is 100 Å². The SMILES string of the molecule is COc1ccc(NC(=O)/C(C#N)=C\c2ccc(OCC(=O)Nc3ccc(C)cc3C)cc2)cc1. The maximum absolute atomic E-state index is 12.4. The molecule has 34 heavy (non-hydrogen) atoms. The van der Waals surface area contributed by atoms with Gasteiger partial charge in [0, 0.05) is 11.4 Å². The number of carbonyl (C=O) groups excluding carboxylic acids is 2. The molecule has 0 heterocycles. The number of anilines is 2. The Labute approximate surface area is 198 Å². The molecule has 7 heteroatoms. The van der Waals surface area contributed by atoms with E-state index in [4.69, 9.17) is 9.47 Å². The number of ether oxygens (including phenoxy) is 2. The normalized spacial score (nSPS) is 10.7. The smallest absolute Gasteiger partial charge is 0.266 e. The molecule has 3 aromatic carbocycles. The molecule has 3 rings (SSSR count). The Morgan fingerprint density at radius 3 is 2.24 bits per heavy atom. The van der Waals surface area contributed by atoms with Crippen molar-refractivity contribution in [1.29, 1.82) is 5.26 Å². The minimum absolute atomic E-state index is 0.0441. The van der Waals surface area contributed by atoms with Crippen LogP contribution in [0.5, 0.6) is 11.5 Å². The summed E-state index contributed by atoms with van der Waals surface area (Å²) in [6.07, 6.45) is 1.48. The van der Waals surface area contributed by atoms with Crippen LogP contribution in [-0.4, -0.2) is 25.5 Å². The molecule has 0 aliphatic heterocycles. The van der Waals surface area contributed by atoms with Gasteiger partial charge in [-0.05, 0) is 73.5 Å². The largest absolute Gasteiger partial charge is 0.497 e. The summed E-state index contributed by atoms with van der Waals surface area (Å²) in [5.74, 6) is 0.377. The number of hydrogen-bond donors (Lipinski definition) is 2. The summed E-state index contributed by atoms with van der Waals surface area (Å²) >= 11 is 0. The predicted molar refractivity (Wildman–Crippen MR) is 132 cm³/mol. The van der Waals surface area contributed by atoms with E-state index >= 15 is 0 Å². The summed E-state index contributed by atoms with van der Waals surface area (Å²) in [7, 11) is 1.56. The Bertz CT molecular complexity index is 1240. The third-order valence-corrected chi connectivity index (χ3v) is 4.93. The molecule has 0 bridgehead atoms. The number of amides is 2. The molecule has 172 valence electrons.